The van der Waals surface area contributed by atoms with Gasteiger partial charge < -0.3 is 15.4 Å². The van der Waals surface area contributed by atoms with Crippen molar-refractivity contribution < 1.29 is 14.3 Å². The maximum absolute atomic E-state index is 12.8. The molecule has 0 bridgehead atoms. The molecule has 1 fully saturated rings. The number of nitrogens with two attached hydrogens (primary N) is 1. The van der Waals surface area contributed by atoms with Crippen LogP contribution in [-0.4, -0.2) is 52.5 Å². The minimum atomic E-state index is -0.625. The number of amides is 2. The van der Waals surface area contributed by atoms with E-state index in [2.05, 4.69) is 9.97 Å². The second kappa shape index (κ2) is 8.73. The lowest BCUT2D eigenvalue weighted by Gasteiger charge is -2.29. The molecule has 3 rings (SSSR count). The number of primary amides is 1. The van der Waals surface area contributed by atoms with Crippen LogP contribution in [0.25, 0.3) is 11.3 Å². The first-order valence-electron chi connectivity index (χ1n) is 9.21. The molecule has 1 aliphatic rings. The first-order valence-corrected chi connectivity index (χ1v) is 9.21. The van der Waals surface area contributed by atoms with E-state index >= 15 is 0 Å². The van der Waals surface area contributed by atoms with Gasteiger partial charge in [-0.1, -0.05) is 12.1 Å². The molecule has 2 N–H and O–H groups in total. The predicted molar refractivity (Wildman–Crippen MR) is 101 cm³/mol. The van der Waals surface area contributed by atoms with Gasteiger partial charge in [0.15, 0.2) is 0 Å². The van der Waals surface area contributed by atoms with Gasteiger partial charge in [-0.25, -0.2) is 4.98 Å². The Kier molecular flexibility index (Phi) is 6.13. The monoisotopic (exact) mass is 368 g/mol. The average Bonchev–Trinajstić information content (AvgIpc) is 2.72. The van der Waals surface area contributed by atoms with Crippen molar-refractivity contribution in [3.8, 4) is 11.3 Å². The highest BCUT2D eigenvalue weighted by Gasteiger charge is 2.21. The Morgan fingerprint density at radius 2 is 2.00 bits per heavy atom. The average molecular weight is 368 g/mol. The zero-order chi connectivity index (χ0) is 19.2. The second-order valence-electron chi connectivity index (χ2n) is 6.56. The molecule has 1 aromatic heterocycles. The Labute approximate surface area is 158 Å². The van der Waals surface area contributed by atoms with E-state index in [9.17, 15) is 9.59 Å². The van der Waals surface area contributed by atoms with Gasteiger partial charge in [0, 0.05) is 30.8 Å². The molecule has 1 aliphatic heterocycles. The Morgan fingerprint density at radius 1 is 1.22 bits per heavy atom. The molecule has 2 heterocycles. The number of hydrogen-bond acceptors (Lipinski definition) is 5. The molecular weight excluding hydrogens is 344 g/mol. The number of carbonyl (C=O) groups is 2. The molecule has 7 heteroatoms. The molecule has 1 aromatic carbocycles. The quantitative estimate of drug-likeness (QED) is 0.843. The predicted octanol–water partition coefficient (Wildman–Crippen LogP) is 2.27. The van der Waals surface area contributed by atoms with Gasteiger partial charge in [0.1, 0.15) is 5.69 Å². The molecule has 0 radical (unpaired) electrons. The van der Waals surface area contributed by atoms with Crippen LogP contribution in [0.15, 0.2) is 36.7 Å². The fraction of sp³-hybridized carbons (Fsp3) is 0.400. The molecule has 2 amide bonds. The van der Waals surface area contributed by atoms with Crippen molar-refractivity contribution in [2.45, 2.75) is 32.3 Å². The number of ether oxygens (including phenoxy) is 1. The van der Waals surface area contributed by atoms with E-state index in [4.69, 9.17) is 10.5 Å². The summed E-state index contributed by atoms with van der Waals surface area (Å²) in [7, 11) is 0. The minimum Gasteiger partial charge on any atom is -0.376 e. The molecule has 7 nitrogen and oxygen atoms in total. The molecule has 0 unspecified atom stereocenters. The van der Waals surface area contributed by atoms with Gasteiger partial charge in [-0.05, 0) is 38.3 Å². The zero-order valence-electron chi connectivity index (χ0n) is 15.4. The van der Waals surface area contributed by atoms with Crippen LogP contribution in [0.4, 0.5) is 0 Å². The van der Waals surface area contributed by atoms with Crippen molar-refractivity contribution in [2.75, 3.05) is 19.7 Å². The molecule has 0 saturated carbocycles. The van der Waals surface area contributed by atoms with Crippen LogP contribution in [-0.2, 0) is 4.74 Å². The number of carbonyl (C=O) groups excluding carboxylic acids is 2. The molecule has 27 heavy (non-hydrogen) atoms. The summed E-state index contributed by atoms with van der Waals surface area (Å²) in [5.41, 5.74) is 7.26. The van der Waals surface area contributed by atoms with Gasteiger partial charge in [-0.3, -0.25) is 14.6 Å². The standard InChI is InChI=1S/C20H24N4O3/c1-2-24(13-16-5-3-4-10-27-16)20(26)15-8-6-14(7-9-15)17-11-22-12-18(23-17)19(21)25/h6-9,11-12,16H,2-5,10,13H2,1H3,(H2,21,25)/t16-/m1/s1. The number of benzene rings is 1. The Hall–Kier alpha value is -2.80. The number of aromatic nitrogens is 2. The molecule has 1 atom stereocenters. The summed E-state index contributed by atoms with van der Waals surface area (Å²) in [5, 5.41) is 0. The Bertz CT molecular complexity index is 801. The third-order valence-corrected chi connectivity index (χ3v) is 4.68. The third kappa shape index (κ3) is 4.68. The number of nitrogens with zero attached hydrogens (tertiary/aromatic N) is 3. The van der Waals surface area contributed by atoms with Gasteiger partial charge in [0.25, 0.3) is 11.8 Å². The number of hydrogen-bond donors (Lipinski definition) is 1. The zero-order valence-corrected chi connectivity index (χ0v) is 15.4. The second-order valence-corrected chi connectivity index (χ2v) is 6.56. The number of rotatable bonds is 6. The van der Waals surface area contributed by atoms with Crippen molar-refractivity contribution in [1.82, 2.24) is 14.9 Å². The molecular formula is C20H24N4O3. The van der Waals surface area contributed by atoms with E-state index in [1.807, 2.05) is 11.8 Å². The molecule has 1 saturated heterocycles. The molecule has 0 aliphatic carbocycles. The third-order valence-electron chi connectivity index (χ3n) is 4.68. The summed E-state index contributed by atoms with van der Waals surface area (Å²) >= 11 is 0. The summed E-state index contributed by atoms with van der Waals surface area (Å²) in [6.45, 7) is 3.99. The smallest absolute Gasteiger partial charge is 0.268 e. The summed E-state index contributed by atoms with van der Waals surface area (Å²) in [6.07, 6.45) is 6.25. The lowest BCUT2D eigenvalue weighted by atomic mass is 10.1. The Morgan fingerprint density at radius 3 is 2.63 bits per heavy atom. The maximum Gasteiger partial charge on any atom is 0.268 e. The fourth-order valence-electron chi connectivity index (χ4n) is 3.14. The normalized spacial score (nSPS) is 16.7. The number of likely N-dealkylation sites (N-methyl/N-ethyl adjacent to an activating group) is 1. The van der Waals surface area contributed by atoms with E-state index < -0.39 is 5.91 Å². The van der Waals surface area contributed by atoms with Crippen molar-refractivity contribution in [2.24, 2.45) is 5.73 Å². The molecule has 142 valence electrons. The summed E-state index contributed by atoms with van der Waals surface area (Å²) in [6, 6.07) is 7.13. The van der Waals surface area contributed by atoms with Gasteiger partial charge in [0.2, 0.25) is 0 Å². The summed E-state index contributed by atoms with van der Waals surface area (Å²) in [4.78, 5) is 34.1. The van der Waals surface area contributed by atoms with E-state index in [-0.39, 0.29) is 17.7 Å². The fourth-order valence-corrected chi connectivity index (χ4v) is 3.14. The lowest BCUT2D eigenvalue weighted by molar-refractivity contribution is -0.00311. The van der Waals surface area contributed by atoms with Gasteiger partial charge in [0.05, 0.1) is 24.2 Å². The molecule has 0 spiro atoms. The van der Waals surface area contributed by atoms with Crippen LogP contribution in [0.2, 0.25) is 0 Å². The van der Waals surface area contributed by atoms with Crippen molar-refractivity contribution >= 4 is 11.8 Å². The van der Waals surface area contributed by atoms with Gasteiger partial charge in [-0.2, -0.15) is 0 Å². The van der Waals surface area contributed by atoms with Crippen LogP contribution in [0.3, 0.4) is 0 Å². The first kappa shape index (κ1) is 19.0. The van der Waals surface area contributed by atoms with Crippen molar-refractivity contribution in [3.63, 3.8) is 0 Å². The van der Waals surface area contributed by atoms with Crippen LogP contribution in [0.1, 0.15) is 47.0 Å². The van der Waals surface area contributed by atoms with Crippen LogP contribution >= 0.6 is 0 Å². The van der Waals surface area contributed by atoms with E-state index in [0.29, 0.717) is 24.3 Å². The van der Waals surface area contributed by atoms with E-state index in [1.54, 1.807) is 30.5 Å². The van der Waals surface area contributed by atoms with Crippen LogP contribution in [0, 0.1) is 0 Å². The summed E-state index contributed by atoms with van der Waals surface area (Å²) in [5.74, 6) is -0.644. The highest BCUT2D eigenvalue weighted by Crippen LogP contribution is 2.19. The highest BCUT2D eigenvalue weighted by atomic mass is 16.5. The highest BCUT2D eigenvalue weighted by molar-refractivity contribution is 5.95. The minimum absolute atomic E-state index is 0.0183. The summed E-state index contributed by atoms with van der Waals surface area (Å²) < 4.78 is 5.76. The van der Waals surface area contributed by atoms with Gasteiger partial charge >= 0.3 is 0 Å². The first-order chi connectivity index (χ1) is 13.1. The maximum atomic E-state index is 12.8. The van der Waals surface area contributed by atoms with Crippen molar-refractivity contribution in [1.29, 1.82) is 0 Å². The van der Waals surface area contributed by atoms with E-state index in [0.717, 1.165) is 31.4 Å². The topological polar surface area (TPSA) is 98.4 Å². The van der Waals surface area contributed by atoms with Crippen molar-refractivity contribution in [3.05, 3.63) is 47.9 Å². The SMILES string of the molecule is CCN(C[C@H]1CCCCO1)C(=O)c1ccc(-c2cncc(C(N)=O)n2)cc1. The largest absolute Gasteiger partial charge is 0.376 e. The lowest BCUT2D eigenvalue weighted by Crippen LogP contribution is -2.39. The molecule has 2 aromatic rings. The van der Waals surface area contributed by atoms with Crippen LogP contribution < -0.4 is 5.73 Å². The van der Waals surface area contributed by atoms with Gasteiger partial charge in [-0.15, -0.1) is 0 Å². The van der Waals surface area contributed by atoms with E-state index in [1.165, 1.54) is 6.20 Å². The Balaban J connectivity index is 1.72. The van der Waals surface area contributed by atoms with Crippen LogP contribution in [0.5, 0.6) is 0 Å².